The molecular formula is C14H25NO2. The van der Waals surface area contributed by atoms with Gasteiger partial charge < -0.3 is 10.1 Å². The third kappa shape index (κ3) is 2.89. The molecule has 0 aromatic carbocycles. The summed E-state index contributed by atoms with van der Waals surface area (Å²) in [5.74, 6) is 1.01. The molecule has 2 saturated heterocycles. The molecule has 2 aliphatic heterocycles. The SMILES string of the molecule is CC1(C)CC(C(=O)CC2CCNC2)C(C)(C)O1. The van der Waals surface area contributed by atoms with Crippen LogP contribution in [0.4, 0.5) is 0 Å². The van der Waals surface area contributed by atoms with Crippen molar-refractivity contribution in [3.05, 3.63) is 0 Å². The number of rotatable bonds is 3. The molecule has 2 atom stereocenters. The van der Waals surface area contributed by atoms with E-state index >= 15 is 0 Å². The van der Waals surface area contributed by atoms with E-state index in [0.29, 0.717) is 11.7 Å². The van der Waals surface area contributed by atoms with E-state index in [1.54, 1.807) is 0 Å². The van der Waals surface area contributed by atoms with E-state index in [0.717, 1.165) is 32.4 Å². The minimum absolute atomic E-state index is 0.0677. The zero-order valence-corrected chi connectivity index (χ0v) is 11.5. The topological polar surface area (TPSA) is 38.3 Å². The Morgan fingerprint density at radius 1 is 1.35 bits per heavy atom. The van der Waals surface area contributed by atoms with Crippen LogP contribution in [-0.4, -0.2) is 30.1 Å². The fourth-order valence-electron chi connectivity index (χ4n) is 3.38. The van der Waals surface area contributed by atoms with Crippen LogP contribution in [0.3, 0.4) is 0 Å². The molecule has 0 radical (unpaired) electrons. The number of ketones is 1. The normalized spacial score (nSPS) is 35.1. The minimum atomic E-state index is -0.299. The summed E-state index contributed by atoms with van der Waals surface area (Å²) in [6, 6.07) is 0. The van der Waals surface area contributed by atoms with Crippen LogP contribution in [0.1, 0.15) is 47.0 Å². The van der Waals surface area contributed by atoms with Gasteiger partial charge in [0.05, 0.1) is 11.2 Å². The highest BCUT2D eigenvalue weighted by Crippen LogP contribution is 2.43. The number of nitrogens with one attached hydrogen (secondary N) is 1. The summed E-state index contributed by atoms with van der Waals surface area (Å²) in [6.07, 6.45) is 2.72. The summed E-state index contributed by atoms with van der Waals surface area (Å²) in [4.78, 5) is 12.4. The van der Waals surface area contributed by atoms with Crippen molar-refractivity contribution >= 4 is 5.78 Å². The lowest BCUT2D eigenvalue weighted by Crippen LogP contribution is -2.34. The molecule has 3 nitrogen and oxygen atoms in total. The molecule has 0 bridgehead atoms. The van der Waals surface area contributed by atoms with E-state index in [9.17, 15) is 4.79 Å². The van der Waals surface area contributed by atoms with Crippen molar-refractivity contribution in [3.8, 4) is 0 Å². The van der Waals surface area contributed by atoms with Gasteiger partial charge in [-0.05, 0) is 59.5 Å². The van der Waals surface area contributed by atoms with Gasteiger partial charge in [-0.1, -0.05) is 0 Å². The molecule has 0 amide bonds. The van der Waals surface area contributed by atoms with Gasteiger partial charge in [-0.3, -0.25) is 4.79 Å². The number of ether oxygens (including phenoxy) is 1. The Balaban J connectivity index is 1.99. The first-order valence-corrected chi connectivity index (χ1v) is 6.74. The van der Waals surface area contributed by atoms with E-state index in [1.807, 2.05) is 0 Å². The molecule has 2 aliphatic rings. The third-order valence-electron chi connectivity index (χ3n) is 4.12. The Hall–Kier alpha value is -0.410. The minimum Gasteiger partial charge on any atom is -0.369 e. The zero-order chi connectivity index (χ0) is 12.7. The fraction of sp³-hybridized carbons (Fsp3) is 0.929. The number of carbonyl (C=O) groups excluding carboxylic acids is 1. The number of carbonyl (C=O) groups is 1. The maximum Gasteiger partial charge on any atom is 0.139 e. The monoisotopic (exact) mass is 239 g/mol. The van der Waals surface area contributed by atoms with Crippen LogP contribution in [0.15, 0.2) is 0 Å². The lowest BCUT2D eigenvalue weighted by molar-refractivity contribution is -0.130. The average Bonchev–Trinajstić information content (AvgIpc) is 2.71. The highest BCUT2D eigenvalue weighted by atomic mass is 16.5. The second-order valence-electron chi connectivity index (χ2n) is 6.75. The first-order valence-electron chi connectivity index (χ1n) is 6.74. The Bertz CT molecular complexity index is 303. The van der Waals surface area contributed by atoms with Gasteiger partial charge in [-0.15, -0.1) is 0 Å². The van der Waals surface area contributed by atoms with Crippen LogP contribution >= 0.6 is 0 Å². The second kappa shape index (κ2) is 4.36. The van der Waals surface area contributed by atoms with E-state index in [2.05, 4.69) is 33.0 Å². The Morgan fingerprint density at radius 3 is 2.53 bits per heavy atom. The van der Waals surface area contributed by atoms with Gasteiger partial charge in [0.2, 0.25) is 0 Å². The molecule has 0 aliphatic carbocycles. The van der Waals surface area contributed by atoms with Gasteiger partial charge >= 0.3 is 0 Å². The van der Waals surface area contributed by atoms with Crippen LogP contribution in [0.25, 0.3) is 0 Å². The van der Waals surface area contributed by atoms with Crippen LogP contribution < -0.4 is 5.32 Å². The molecule has 0 aromatic heterocycles. The van der Waals surface area contributed by atoms with E-state index < -0.39 is 0 Å². The van der Waals surface area contributed by atoms with Gasteiger partial charge in [0.15, 0.2) is 0 Å². The largest absolute Gasteiger partial charge is 0.369 e. The number of hydrogen-bond donors (Lipinski definition) is 1. The average molecular weight is 239 g/mol. The lowest BCUT2D eigenvalue weighted by atomic mass is 9.81. The predicted molar refractivity (Wildman–Crippen MR) is 68.0 cm³/mol. The molecule has 2 heterocycles. The molecule has 17 heavy (non-hydrogen) atoms. The highest BCUT2D eigenvalue weighted by molar-refractivity contribution is 5.82. The molecule has 3 heteroatoms. The smallest absolute Gasteiger partial charge is 0.139 e. The molecule has 1 N–H and O–H groups in total. The summed E-state index contributed by atoms with van der Waals surface area (Å²) < 4.78 is 6.00. The summed E-state index contributed by atoms with van der Waals surface area (Å²) in [7, 11) is 0. The van der Waals surface area contributed by atoms with E-state index in [4.69, 9.17) is 4.74 Å². The van der Waals surface area contributed by atoms with Crippen molar-refractivity contribution in [2.75, 3.05) is 13.1 Å². The maximum atomic E-state index is 12.4. The molecular weight excluding hydrogens is 214 g/mol. The van der Waals surface area contributed by atoms with Crippen molar-refractivity contribution in [2.24, 2.45) is 11.8 Å². The summed E-state index contributed by atoms with van der Waals surface area (Å²) >= 11 is 0. The Morgan fingerprint density at radius 2 is 2.06 bits per heavy atom. The van der Waals surface area contributed by atoms with Crippen LogP contribution in [0.2, 0.25) is 0 Å². The second-order valence-corrected chi connectivity index (χ2v) is 6.75. The molecule has 0 saturated carbocycles. The first-order chi connectivity index (χ1) is 7.80. The van der Waals surface area contributed by atoms with Gasteiger partial charge in [0.1, 0.15) is 5.78 Å². The summed E-state index contributed by atoms with van der Waals surface area (Å²) in [6.45, 7) is 10.3. The molecule has 2 rings (SSSR count). The Labute approximate surface area is 104 Å². The molecule has 98 valence electrons. The van der Waals surface area contributed by atoms with E-state index in [-0.39, 0.29) is 17.1 Å². The number of hydrogen-bond acceptors (Lipinski definition) is 3. The molecule has 0 spiro atoms. The van der Waals surface area contributed by atoms with Crippen molar-refractivity contribution in [3.63, 3.8) is 0 Å². The van der Waals surface area contributed by atoms with Gasteiger partial charge in [0, 0.05) is 12.3 Å². The fourth-order valence-corrected chi connectivity index (χ4v) is 3.38. The standard InChI is InChI=1S/C14H25NO2/c1-13(2)8-11(14(3,4)17-13)12(16)7-10-5-6-15-9-10/h10-11,15H,5-9H2,1-4H3. The third-order valence-corrected chi connectivity index (χ3v) is 4.12. The Kier molecular flexibility index (Phi) is 3.34. The van der Waals surface area contributed by atoms with Gasteiger partial charge in [-0.25, -0.2) is 0 Å². The quantitative estimate of drug-likeness (QED) is 0.820. The lowest BCUT2D eigenvalue weighted by Gasteiger charge is -2.27. The van der Waals surface area contributed by atoms with Crippen LogP contribution in [-0.2, 0) is 9.53 Å². The number of Topliss-reactive ketones (excluding diaryl/α,β-unsaturated/α-hetero) is 1. The molecule has 2 fully saturated rings. The zero-order valence-electron chi connectivity index (χ0n) is 11.5. The van der Waals surface area contributed by atoms with E-state index in [1.165, 1.54) is 0 Å². The van der Waals surface area contributed by atoms with Gasteiger partial charge in [0.25, 0.3) is 0 Å². The van der Waals surface area contributed by atoms with Crippen LogP contribution in [0, 0.1) is 11.8 Å². The summed E-state index contributed by atoms with van der Waals surface area (Å²) in [5.41, 5.74) is -0.454. The van der Waals surface area contributed by atoms with Crippen molar-refractivity contribution in [1.82, 2.24) is 5.32 Å². The van der Waals surface area contributed by atoms with Crippen molar-refractivity contribution in [2.45, 2.75) is 58.2 Å². The predicted octanol–water partition coefficient (Wildman–Crippen LogP) is 2.15. The van der Waals surface area contributed by atoms with Gasteiger partial charge in [-0.2, -0.15) is 0 Å². The maximum absolute atomic E-state index is 12.4. The first kappa shape index (κ1) is 13.0. The molecule has 2 unspecified atom stereocenters. The van der Waals surface area contributed by atoms with Crippen LogP contribution in [0.5, 0.6) is 0 Å². The summed E-state index contributed by atoms with van der Waals surface area (Å²) in [5, 5.41) is 3.32. The van der Waals surface area contributed by atoms with Crippen molar-refractivity contribution < 1.29 is 9.53 Å². The highest BCUT2D eigenvalue weighted by Gasteiger charge is 2.49. The van der Waals surface area contributed by atoms with Crippen molar-refractivity contribution in [1.29, 1.82) is 0 Å². The molecule has 0 aromatic rings.